The van der Waals surface area contributed by atoms with Gasteiger partial charge >= 0.3 is 0 Å². The summed E-state index contributed by atoms with van der Waals surface area (Å²) in [4.78, 5) is 11.8. The lowest BCUT2D eigenvalue weighted by atomic mass is 10.2. The molecule has 0 bridgehead atoms. The van der Waals surface area contributed by atoms with E-state index in [0.29, 0.717) is 5.75 Å². The predicted octanol–water partition coefficient (Wildman–Crippen LogP) is 3.88. The van der Waals surface area contributed by atoms with Crippen molar-refractivity contribution < 1.29 is 4.79 Å². The first-order valence-electron chi connectivity index (χ1n) is 5.90. The minimum Gasteiger partial charge on any atom is -0.323 e. The SMILES string of the molecule is CCCCSCC(=O)Nc1cccc2c1N=S=N2. The molecule has 0 unspecified atom stereocenters. The highest BCUT2D eigenvalue weighted by atomic mass is 32.2. The molecule has 2 rings (SSSR count). The first-order chi connectivity index (χ1) is 8.81. The van der Waals surface area contributed by atoms with Crippen LogP contribution in [0.3, 0.4) is 0 Å². The van der Waals surface area contributed by atoms with E-state index in [2.05, 4.69) is 21.0 Å². The van der Waals surface area contributed by atoms with Crippen molar-refractivity contribution in [3.8, 4) is 0 Å². The van der Waals surface area contributed by atoms with Crippen LogP contribution in [0.4, 0.5) is 17.1 Å². The van der Waals surface area contributed by atoms with Crippen LogP contribution in [0.25, 0.3) is 0 Å². The minimum absolute atomic E-state index is 0.0246. The summed E-state index contributed by atoms with van der Waals surface area (Å²) in [5, 5.41) is 2.89. The maximum atomic E-state index is 11.8. The van der Waals surface area contributed by atoms with Crippen LogP contribution in [0.5, 0.6) is 0 Å². The number of fused-ring (bicyclic) bond motifs is 1. The Morgan fingerprint density at radius 1 is 1.44 bits per heavy atom. The highest BCUT2D eigenvalue weighted by Gasteiger charge is 2.12. The van der Waals surface area contributed by atoms with Crippen molar-refractivity contribution in [1.29, 1.82) is 0 Å². The monoisotopic (exact) mass is 281 g/mol. The summed E-state index contributed by atoms with van der Waals surface area (Å²) in [6, 6.07) is 5.63. The van der Waals surface area contributed by atoms with Crippen LogP contribution < -0.4 is 5.32 Å². The van der Waals surface area contributed by atoms with E-state index < -0.39 is 0 Å². The second-order valence-electron chi connectivity index (χ2n) is 3.89. The number of hydrogen-bond acceptors (Lipinski definition) is 4. The summed E-state index contributed by atoms with van der Waals surface area (Å²) in [6.07, 6.45) is 2.32. The Hall–Kier alpha value is -1.14. The zero-order valence-corrected chi connectivity index (χ0v) is 11.8. The van der Waals surface area contributed by atoms with E-state index in [-0.39, 0.29) is 5.91 Å². The van der Waals surface area contributed by atoms with Gasteiger partial charge in [-0.15, -0.1) is 0 Å². The van der Waals surface area contributed by atoms with Crippen LogP contribution in [0.1, 0.15) is 19.8 Å². The third-order valence-electron chi connectivity index (χ3n) is 2.44. The van der Waals surface area contributed by atoms with Gasteiger partial charge in [0.15, 0.2) is 0 Å². The Morgan fingerprint density at radius 2 is 2.33 bits per heavy atom. The molecule has 1 aromatic rings. The third kappa shape index (κ3) is 3.43. The van der Waals surface area contributed by atoms with Gasteiger partial charge in [-0.3, -0.25) is 4.79 Å². The van der Waals surface area contributed by atoms with Crippen LogP contribution in [-0.4, -0.2) is 17.4 Å². The smallest absolute Gasteiger partial charge is 0.234 e. The molecule has 1 aromatic carbocycles. The Bertz CT molecular complexity index is 510. The maximum absolute atomic E-state index is 11.8. The lowest BCUT2D eigenvalue weighted by molar-refractivity contribution is -0.113. The molecule has 0 saturated heterocycles. The molecule has 0 radical (unpaired) electrons. The standard InChI is InChI=1S/C12H15N3OS2/c1-2-3-7-17-8-11(16)13-9-5-4-6-10-12(9)15-18-14-10/h4-6H,2-3,7-8H2,1H3,(H,13,16). The molecule has 0 fully saturated rings. The number of rotatable bonds is 6. The van der Waals surface area contributed by atoms with Crippen molar-refractivity contribution >= 4 is 46.1 Å². The number of carbonyl (C=O) groups is 1. The van der Waals surface area contributed by atoms with Gasteiger partial charge in [-0.05, 0) is 24.3 Å². The minimum atomic E-state index is 0.0246. The van der Waals surface area contributed by atoms with E-state index in [1.54, 1.807) is 11.8 Å². The first kappa shape index (κ1) is 13.3. The van der Waals surface area contributed by atoms with Gasteiger partial charge in [-0.2, -0.15) is 20.5 Å². The number of nitrogens with one attached hydrogen (secondary N) is 1. The predicted molar refractivity (Wildman–Crippen MR) is 78.8 cm³/mol. The van der Waals surface area contributed by atoms with Gasteiger partial charge in [-0.25, -0.2) is 0 Å². The summed E-state index contributed by atoms with van der Waals surface area (Å²) < 4.78 is 8.34. The molecule has 1 N–H and O–H groups in total. The van der Waals surface area contributed by atoms with E-state index in [9.17, 15) is 4.79 Å². The molecule has 4 nitrogen and oxygen atoms in total. The second-order valence-corrected chi connectivity index (χ2v) is 5.53. The van der Waals surface area contributed by atoms with E-state index in [1.807, 2.05) is 18.2 Å². The lowest BCUT2D eigenvalue weighted by Gasteiger charge is -2.07. The molecule has 1 aliphatic rings. The van der Waals surface area contributed by atoms with Gasteiger partial charge in [0.1, 0.15) is 11.4 Å². The van der Waals surface area contributed by atoms with Gasteiger partial charge in [0.05, 0.1) is 22.8 Å². The Morgan fingerprint density at radius 3 is 3.17 bits per heavy atom. The Balaban J connectivity index is 1.88. The number of nitrogens with zero attached hydrogens (tertiary/aromatic N) is 2. The van der Waals surface area contributed by atoms with Gasteiger partial charge in [0, 0.05) is 0 Å². The fourth-order valence-corrected chi connectivity index (χ4v) is 2.95. The van der Waals surface area contributed by atoms with Crippen LogP contribution in [-0.2, 0) is 16.1 Å². The number of amides is 1. The van der Waals surface area contributed by atoms with Gasteiger partial charge in [-0.1, -0.05) is 19.4 Å². The number of benzene rings is 1. The summed E-state index contributed by atoms with van der Waals surface area (Å²) in [6.45, 7) is 2.15. The number of unbranched alkanes of at least 4 members (excludes halogenated alkanes) is 1. The number of thioether (sulfide) groups is 1. The molecular weight excluding hydrogens is 266 g/mol. The van der Waals surface area contributed by atoms with Crippen molar-refractivity contribution in [3.05, 3.63) is 18.2 Å². The van der Waals surface area contributed by atoms with Crippen molar-refractivity contribution in [2.75, 3.05) is 16.8 Å². The molecule has 96 valence electrons. The van der Waals surface area contributed by atoms with E-state index in [1.165, 1.54) is 6.42 Å². The van der Waals surface area contributed by atoms with Crippen molar-refractivity contribution in [2.45, 2.75) is 19.8 Å². The van der Waals surface area contributed by atoms with Crippen LogP contribution in [0.2, 0.25) is 0 Å². The van der Waals surface area contributed by atoms with Crippen molar-refractivity contribution in [1.82, 2.24) is 0 Å². The normalized spacial score (nSPS) is 12.1. The summed E-state index contributed by atoms with van der Waals surface area (Å²) >= 11 is 2.83. The average molecular weight is 281 g/mol. The second kappa shape index (κ2) is 6.70. The first-order valence-corrected chi connectivity index (χ1v) is 7.78. The molecule has 0 atom stereocenters. The Labute approximate surface area is 114 Å². The molecular formula is C12H15N3OS2. The zero-order valence-electron chi connectivity index (χ0n) is 10.2. The molecule has 18 heavy (non-hydrogen) atoms. The molecule has 0 spiro atoms. The van der Waals surface area contributed by atoms with Crippen molar-refractivity contribution in [2.24, 2.45) is 8.73 Å². The molecule has 6 heteroatoms. The number of carbonyl (C=O) groups excluding carboxylic acids is 1. The number of hydrogen-bond donors (Lipinski definition) is 1. The average Bonchev–Trinajstić information content (AvgIpc) is 2.84. The van der Waals surface area contributed by atoms with E-state index in [0.717, 1.165) is 40.6 Å². The van der Waals surface area contributed by atoms with Crippen LogP contribution >= 0.6 is 11.8 Å². The zero-order chi connectivity index (χ0) is 12.8. The molecule has 1 heterocycles. The molecule has 0 saturated carbocycles. The molecule has 0 aliphatic carbocycles. The van der Waals surface area contributed by atoms with E-state index in [4.69, 9.17) is 0 Å². The topological polar surface area (TPSA) is 53.8 Å². The molecule has 1 amide bonds. The quantitative estimate of drug-likeness (QED) is 0.817. The molecule has 1 aliphatic heterocycles. The highest BCUT2D eigenvalue weighted by Crippen LogP contribution is 2.38. The van der Waals surface area contributed by atoms with Gasteiger partial charge < -0.3 is 5.32 Å². The summed E-state index contributed by atoms with van der Waals surface area (Å²) in [5.41, 5.74) is 2.35. The van der Waals surface area contributed by atoms with Gasteiger partial charge in [0.25, 0.3) is 0 Å². The lowest BCUT2D eigenvalue weighted by Crippen LogP contribution is -2.14. The van der Waals surface area contributed by atoms with Gasteiger partial charge in [0.2, 0.25) is 5.91 Å². The van der Waals surface area contributed by atoms with Crippen molar-refractivity contribution in [3.63, 3.8) is 0 Å². The maximum Gasteiger partial charge on any atom is 0.234 e. The highest BCUT2D eigenvalue weighted by molar-refractivity contribution is 7.99. The molecule has 0 aromatic heterocycles. The fourth-order valence-electron chi connectivity index (χ4n) is 1.50. The summed E-state index contributed by atoms with van der Waals surface area (Å²) in [5.74, 6) is 1.55. The largest absolute Gasteiger partial charge is 0.323 e. The van der Waals surface area contributed by atoms with Crippen LogP contribution in [0, 0.1) is 0 Å². The van der Waals surface area contributed by atoms with Crippen LogP contribution in [0.15, 0.2) is 26.9 Å². The third-order valence-corrected chi connectivity index (χ3v) is 4.02. The number of anilines is 1. The van der Waals surface area contributed by atoms with E-state index >= 15 is 0 Å². The summed E-state index contributed by atoms with van der Waals surface area (Å²) in [7, 11) is 0. The Kier molecular flexibility index (Phi) is 4.95. The fraction of sp³-hybridized carbons (Fsp3) is 0.417.